The van der Waals surface area contributed by atoms with Gasteiger partial charge in [-0.3, -0.25) is 0 Å². The Morgan fingerprint density at radius 2 is 1.90 bits per heavy atom. The quantitative estimate of drug-likeness (QED) is 0.534. The standard InChI is InChI=1S/C8H18O.K/c1-3-5-6-8(4-2)7-9;/h8-9H,3-7H2,1-2H3;/q;+1. The molecule has 0 radical (unpaired) electrons. The third kappa shape index (κ3) is 7.70. The summed E-state index contributed by atoms with van der Waals surface area (Å²) in [6.45, 7) is 4.69. The fourth-order valence-corrected chi connectivity index (χ4v) is 0.917. The summed E-state index contributed by atoms with van der Waals surface area (Å²) >= 11 is 0. The van der Waals surface area contributed by atoms with E-state index in [2.05, 4.69) is 13.8 Å². The second-order valence-corrected chi connectivity index (χ2v) is 2.60. The van der Waals surface area contributed by atoms with Crippen LogP contribution in [0.5, 0.6) is 0 Å². The van der Waals surface area contributed by atoms with Crippen LogP contribution in [0.2, 0.25) is 0 Å². The van der Waals surface area contributed by atoms with Crippen LogP contribution in [0.15, 0.2) is 0 Å². The van der Waals surface area contributed by atoms with Crippen molar-refractivity contribution >= 4 is 0 Å². The molecule has 0 spiro atoms. The Kier molecular flexibility index (Phi) is 15.0. The molecule has 1 unspecified atom stereocenters. The van der Waals surface area contributed by atoms with E-state index in [9.17, 15) is 0 Å². The summed E-state index contributed by atoms with van der Waals surface area (Å²) in [4.78, 5) is 0. The Hall–Kier alpha value is 1.60. The van der Waals surface area contributed by atoms with Crippen molar-refractivity contribution in [2.24, 2.45) is 5.92 Å². The van der Waals surface area contributed by atoms with Crippen molar-refractivity contribution in [3.05, 3.63) is 0 Å². The molecule has 0 rings (SSSR count). The maximum absolute atomic E-state index is 8.75. The van der Waals surface area contributed by atoms with Crippen LogP contribution in [-0.2, 0) is 0 Å². The van der Waals surface area contributed by atoms with Gasteiger partial charge in [0.25, 0.3) is 0 Å². The maximum atomic E-state index is 8.75. The topological polar surface area (TPSA) is 20.2 Å². The van der Waals surface area contributed by atoms with Crippen LogP contribution in [0.1, 0.15) is 39.5 Å². The Labute approximate surface area is 107 Å². The van der Waals surface area contributed by atoms with E-state index in [1.165, 1.54) is 19.3 Å². The Balaban J connectivity index is 0. The van der Waals surface area contributed by atoms with Gasteiger partial charge < -0.3 is 5.11 Å². The van der Waals surface area contributed by atoms with Gasteiger partial charge in [0, 0.05) is 6.61 Å². The first-order valence-corrected chi connectivity index (χ1v) is 3.96. The Bertz CT molecular complexity index is 53.2. The molecule has 0 saturated heterocycles. The van der Waals surface area contributed by atoms with E-state index >= 15 is 0 Å². The fourth-order valence-electron chi connectivity index (χ4n) is 0.917. The van der Waals surface area contributed by atoms with Crippen LogP contribution in [-0.4, -0.2) is 11.7 Å². The van der Waals surface area contributed by atoms with E-state index in [1.807, 2.05) is 0 Å². The van der Waals surface area contributed by atoms with Crippen molar-refractivity contribution in [3.8, 4) is 0 Å². The number of unbranched alkanes of at least 4 members (excludes halogenated alkanes) is 1. The van der Waals surface area contributed by atoms with Crippen molar-refractivity contribution in [1.29, 1.82) is 0 Å². The van der Waals surface area contributed by atoms with E-state index in [0.29, 0.717) is 12.5 Å². The van der Waals surface area contributed by atoms with E-state index < -0.39 is 0 Å². The first-order chi connectivity index (χ1) is 4.35. The first-order valence-electron chi connectivity index (χ1n) is 3.96. The molecule has 56 valence electrons. The summed E-state index contributed by atoms with van der Waals surface area (Å²) in [6.07, 6.45) is 4.83. The third-order valence-corrected chi connectivity index (χ3v) is 1.80. The van der Waals surface area contributed by atoms with Gasteiger partial charge in [0.15, 0.2) is 0 Å². The van der Waals surface area contributed by atoms with Crippen LogP contribution in [0.4, 0.5) is 0 Å². The number of aliphatic hydroxyl groups is 1. The summed E-state index contributed by atoms with van der Waals surface area (Å²) in [5.41, 5.74) is 0. The average Bonchev–Trinajstić information content (AvgIpc) is 1.91. The number of aliphatic hydroxyl groups excluding tert-OH is 1. The maximum Gasteiger partial charge on any atom is 1.00 e. The van der Waals surface area contributed by atoms with Crippen molar-refractivity contribution in [2.75, 3.05) is 6.61 Å². The summed E-state index contributed by atoms with van der Waals surface area (Å²) in [5.74, 6) is 0.560. The first kappa shape index (κ1) is 14.1. The molecule has 0 bridgehead atoms. The monoisotopic (exact) mass is 169 g/mol. The zero-order chi connectivity index (χ0) is 7.11. The van der Waals surface area contributed by atoms with Gasteiger partial charge in [-0.05, 0) is 12.3 Å². The minimum absolute atomic E-state index is 0. The van der Waals surface area contributed by atoms with Crippen LogP contribution in [0.3, 0.4) is 0 Å². The molecule has 0 aliphatic carbocycles. The largest absolute Gasteiger partial charge is 1.00 e. The molecule has 0 heterocycles. The second-order valence-electron chi connectivity index (χ2n) is 2.60. The zero-order valence-corrected chi connectivity index (χ0v) is 10.7. The van der Waals surface area contributed by atoms with Gasteiger partial charge in [-0.1, -0.05) is 33.1 Å². The van der Waals surface area contributed by atoms with Gasteiger partial charge in [-0.2, -0.15) is 0 Å². The molecular weight excluding hydrogens is 151 g/mol. The van der Waals surface area contributed by atoms with Crippen molar-refractivity contribution in [3.63, 3.8) is 0 Å². The molecule has 0 fully saturated rings. The van der Waals surface area contributed by atoms with Crippen molar-refractivity contribution in [1.82, 2.24) is 0 Å². The molecule has 0 saturated carbocycles. The van der Waals surface area contributed by atoms with Gasteiger partial charge in [0.05, 0.1) is 0 Å². The predicted octanol–water partition coefficient (Wildman–Crippen LogP) is -0.801. The van der Waals surface area contributed by atoms with Gasteiger partial charge in [-0.15, -0.1) is 0 Å². The molecule has 0 aliphatic rings. The number of rotatable bonds is 5. The molecule has 0 aromatic rings. The molecule has 0 amide bonds. The summed E-state index contributed by atoms with van der Waals surface area (Å²) < 4.78 is 0. The molecular formula is C8H18KO+. The normalized spacial score (nSPS) is 12.3. The van der Waals surface area contributed by atoms with E-state index in [4.69, 9.17) is 5.11 Å². The minimum Gasteiger partial charge on any atom is -0.396 e. The third-order valence-electron chi connectivity index (χ3n) is 1.80. The summed E-state index contributed by atoms with van der Waals surface area (Å²) in [7, 11) is 0. The summed E-state index contributed by atoms with van der Waals surface area (Å²) in [6, 6.07) is 0. The Morgan fingerprint density at radius 3 is 2.20 bits per heavy atom. The zero-order valence-electron chi connectivity index (χ0n) is 7.56. The van der Waals surface area contributed by atoms with Crippen molar-refractivity contribution < 1.29 is 56.5 Å². The fraction of sp³-hybridized carbons (Fsp3) is 1.00. The van der Waals surface area contributed by atoms with Gasteiger partial charge in [0.1, 0.15) is 0 Å². The predicted molar refractivity (Wildman–Crippen MR) is 40.4 cm³/mol. The van der Waals surface area contributed by atoms with Gasteiger partial charge in [-0.25, -0.2) is 0 Å². The summed E-state index contributed by atoms with van der Waals surface area (Å²) in [5, 5.41) is 8.75. The smallest absolute Gasteiger partial charge is 0.396 e. The minimum atomic E-state index is 0. The van der Waals surface area contributed by atoms with Gasteiger partial charge >= 0.3 is 51.4 Å². The number of hydrogen-bond donors (Lipinski definition) is 1. The second kappa shape index (κ2) is 10.6. The number of hydrogen-bond acceptors (Lipinski definition) is 1. The molecule has 1 nitrogen and oxygen atoms in total. The molecule has 1 N–H and O–H groups in total. The Morgan fingerprint density at radius 1 is 1.30 bits per heavy atom. The van der Waals surface area contributed by atoms with E-state index in [-0.39, 0.29) is 51.4 Å². The van der Waals surface area contributed by atoms with Gasteiger partial charge in [0.2, 0.25) is 0 Å². The molecule has 0 aromatic heterocycles. The van der Waals surface area contributed by atoms with Crippen LogP contribution < -0.4 is 51.4 Å². The molecule has 0 aromatic carbocycles. The van der Waals surface area contributed by atoms with Crippen LogP contribution >= 0.6 is 0 Å². The molecule has 1 atom stereocenters. The molecule has 2 heteroatoms. The van der Waals surface area contributed by atoms with Crippen LogP contribution in [0.25, 0.3) is 0 Å². The van der Waals surface area contributed by atoms with E-state index in [0.717, 1.165) is 6.42 Å². The molecule has 10 heavy (non-hydrogen) atoms. The molecule has 0 aliphatic heterocycles. The van der Waals surface area contributed by atoms with Crippen molar-refractivity contribution in [2.45, 2.75) is 39.5 Å². The van der Waals surface area contributed by atoms with Crippen LogP contribution in [0, 0.1) is 5.92 Å². The van der Waals surface area contributed by atoms with E-state index in [1.54, 1.807) is 0 Å². The SMILES string of the molecule is CCCCC(CC)CO.[K+]. The average molecular weight is 169 g/mol.